The van der Waals surface area contributed by atoms with Gasteiger partial charge in [-0.1, -0.05) is 13.0 Å². The third kappa shape index (κ3) is 2.96. The van der Waals surface area contributed by atoms with Crippen LogP contribution in [-0.2, 0) is 13.6 Å². The minimum atomic E-state index is -0.839. The third-order valence-corrected chi connectivity index (χ3v) is 6.56. The Balaban J connectivity index is 1.45. The molecule has 7 nitrogen and oxygen atoms in total. The summed E-state index contributed by atoms with van der Waals surface area (Å²) in [5.74, 6) is 0.398. The standard InChI is InChI=1S/C22H28N6O/c1-14-10-27(19-6-7-24-21-18(19)9-25-26(21)3)11-15-4-5-16(8-17(14)15)28-12-20(23)22(2,29)13-28/h4-9,14,20,29H,10-13,23H2,1-3H3/t14-,20+,22+/m0/s1. The van der Waals surface area contributed by atoms with Gasteiger partial charge in [0, 0.05) is 45.1 Å². The molecule has 1 fully saturated rings. The molecule has 2 aromatic heterocycles. The largest absolute Gasteiger partial charge is 0.387 e. The van der Waals surface area contributed by atoms with E-state index in [4.69, 9.17) is 5.73 Å². The van der Waals surface area contributed by atoms with Crippen molar-refractivity contribution < 1.29 is 5.11 Å². The van der Waals surface area contributed by atoms with Crippen molar-refractivity contribution in [1.29, 1.82) is 0 Å². The highest BCUT2D eigenvalue weighted by atomic mass is 16.3. The number of benzene rings is 1. The Bertz CT molecular complexity index is 1070. The molecule has 1 aromatic carbocycles. The van der Waals surface area contributed by atoms with Gasteiger partial charge in [-0.3, -0.25) is 4.68 Å². The second-order valence-electron chi connectivity index (χ2n) is 8.84. The first-order valence-electron chi connectivity index (χ1n) is 10.2. The fourth-order valence-electron chi connectivity index (χ4n) is 4.77. The van der Waals surface area contributed by atoms with E-state index in [1.54, 1.807) is 0 Å². The van der Waals surface area contributed by atoms with Crippen molar-refractivity contribution in [3.8, 4) is 0 Å². The number of nitrogens with two attached hydrogens (primary N) is 1. The minimum Gasteiger partial charge on any atom is -0.387 e. The highest BCUT2D eigenvalue weighted by Gasteiger charge is 2.39. The maximum absolute atomic E-state index is 10.4. The predicted octanol–water partition coefficient (Wildman–Crippen LogP) is 1.99. The zero-order valence-corrected chi connectivity index (χ0v) is 17.2. The van der Waals surface area contributed by atoms with Crippen LogP contribution in [0, 0.1) is 0 Å². The van der Waals surface area contributed by atoms with E-state index in [1.807, 2.05) is 31.0 Å². The second-order valence-corrected chi connectivity index (χ2v) is 8.84. The Morgan fingerprint density at radius 1 is 1.21 bits per heavy atom. The topological polar surface area (TPSA) is 83.4 Å². The van der Waals surface area contributed by atoms with E-state index in [1.165, 1.54) is 16.8 Å². The predicted molar refractivity (Wildman–Crippen MR) is 115 cm³/mol. The number of pyridine rings is 1. The molecule has 3 N–H and O–H groups in total. The monoisotopic (exact) mass is 392 g/mol. The Kier molecular flexibility index (Phi) is 4.08. The molecule has 0 saturated carbocycles. The highest BCUT2D eigenvalue weighted by Crippen LogP contribution is 2.37. The Morgan fingerprint density at radius 2 is 2.03 bits per heavy atom. The Hall–Kier alpha value is -2.64. The van der Waals surface area contributed by atoms with Gasteiger partial charge in [0.25, 0.3) is 0 Å². The zero-order chi connectivity index (χ0) is 20.3. The van der Waals surface area contributed by atoms with Crippen LogP contribution in [0.5, 0.6) is 0 Å². The van der Waals surface area contributed by atoms with Crippen LogP contribution in [0.1, 0.15) is 30.9 Å². The lowest BCUT2D eigenvalue weighted by Gasteiger charge is -2.36. The molecule has 2 aliphatic rings. The summed E-state index contributed by atoms with van der Waals surface area (Å²) in [6.45, 7) is 7.17. The summed E-state index contributed by atoms with van der Waals surface area (Å²) < 4.78 is 1.82. The zero-order valence-electron chi connectivity index (χ0n) is 17.2. The summed E-state index contributed by atoms with van der Waals surface area (Å²) in [4.78, 5) is 9.10. The van der Waals surface area contributed by atoms with Gasteiger partial charge in [-0.15, -0.1) is 0 Å². The maximum atomic E-state index is 10.4. The molecule has 0 bridgehead atoms. The van der Waals surface area contributed by atoms with E-state index in [0.29, 0.717) is 19.0 Å². The van der Waals surface area contributed by atoms with Gasteiger partial charge in [-0.25, -0.2) is 4.98 Å². The quantitative estimate of drug-likeness (QED) is 0.694. The van der Waals surface area contributed by atoms with Gasteiger partial charge >= 0.3 is 0 Å². The van der Waals surface area contributed by atoms with Crippen LogP contribution >= 0.6 is 0 Å². The molecule has 1 saturated heterocycles. The van der Waals surface area contributed by atoms with Gasteiger partial charge in [-0.05, 0) is 42.2 Å². The second kappa shape index (κ2) is 6.43. The van der Waals surface area contributed by atoms with E-state index in [0.717, 1.165) is 29.8 Å². The average molecular weight is 393 g/mol. The first-order chi connectivity index (χ1) is 13.8. The van der Waals surface area contributed by atoms with E-state index in [-0.39, 0.29) is 6.04 Å². The van der Waals surface area contributed by atoms with Crippen LogP contribution < -0.4 is 15.5 Å². The first kappa shape index (κ1) is 18.4. The lowest BCUT2D eigenvalue weighted by molar-refractivity contribution is 0.0674. The number of hydrogen-bond donors (Lipinski definition) is 2. The van der Waals surface area contributed by atoms with Crippen LogP contribution in [-0.4, -0.2) is 51.1 Å². The molecule has 0 aliphatic carbocycles. The van der Waals surface area contributed by atoms with Crippen molar-refractivity contribution >= 4 is 22.4 Å². The number of aromatic nitrogens is 3. The molecule has 3 atom stereocenters. The molecular weight excluding hydrogens is 364 g/mol. The molecule has 0 spiro atoms. The molecule has 7 heteroatoms. The molecule has 5 rings (SSSR count). The number of hydrogen-bond acceptors (Lipinski definition) is 6. The molecule has 2 aliphatic heterocycles. The molecule has 29 heavy (non-hydrogen) atoms. The molecule has 3 aromatic rings. The molecule has 0 radical (unpaired) electrons. The summed E-state index contributed by atoms with van der Waals surface area (Å²) in [6, 6.07) is 8.55. The van der Waals surface area contributed by atoms with Crippen molar-refractivity contribution in [1.82, 2.24) is 14.8 Å². The summed E-state index contributed by atoms with van der Waals surface area (Å²) in [5, 5.41) is 15.9. The summed E-state index contributed by atoms with van der Waals surface area (Å²) >= 11 is 0. The van der Waals surface area contributed by atoms with Gasteiger partial charge in [0.1, 0.15) is 0 Å². The first-order valence-corrected chi connectivity index (χ1v) is 10.2. The number of aliphatic hydroxyl groups is 1. The molecule has 0 unspecified atom stereocenters. The van der Waals surface area contributed by atoms with Gasteiger partial charge in [0.15, 0.2) is 5.65 Å². The third-order valence-electron chi connectivity index (χ3n) is 6.56. The van der Waals surface area contributed by atoms with E-state index >= 15 is 0 Å². The Labute approximate surface area is 170 Å². The smallest absolute Gasteiger partial charge is 0.159 e. The molecular formula is C22H28N6O. The van der Waals surface area contributed by atoms with Gasteiger partial charge in [0.05, 0.1) is 28.9 Å². The maximum Gasteiger partial charge on any atom is 0.159 e. The van der Waals surface area contributed by atoms with Gasteiger partial charge in [0.2, 0.25) is 0 Å². The normalized spacial score (nSPS) is 26.9. The lowest BCUT2D eigenvalue weighted by Crippen LogP contribution is -2.44. The number of rotatable bonds is 2. The summed E-state index contributed by atoms with van der Waals surface area (Å²) in [6.07, 6.45) is 3.77. The Morgan fingerprint density at radius 3 is 2.79 bits per heavy atom. The number of anilines is 2. The minimum absolute atomic E-state index is 0.222. The number of β-amino-alcohol motifs (C(OH)–C–C–N with tert-alkyl or cyclic N) is 1. The van der Waals surface area contributed by atoms with Crippen molar-refractivity contribution in [3.05, 3.63) is 47.8 Å². The van der Waals surface area contributed by atoms with Crippen LogP contribution in [0.2, 0.25) is 0 Å². The number of fused-ring (bicyclic) bond motifs is 2. The van der Waals surface area contributed by atoms with E-state index < -0.39 is 5.60 Å². The number of aryl methyl sites for hydroxylation is 1. The van der Waals surface area contributed by atoms with E-state index in [2.05, 4.69) is 51.1 Å². The lowest BCUT2D eigenvalue weighted by atomic mass is 9.90. The highest BCUT2D eigenvalue weighted by molar-refractivity contribution is 5.89. The average Bonchev–Trinajstić information content (AvgIpc) is 3.20. The fourth-order valence-corrected chi connectivity index (χ4v) is 4.77. The van der Waals surface area contributed by atoms with Gasteiger partial charge < -0.3 is 20.6 Å². The van der Waals surface area contributed by atoms with Crippen molar-refractivity contribution in [3.63, 3.8) is 0 Å². The molecule has 0 amide bonds. The van der Waals surface area contributed by atoms with Crippen LogP contribution in [0.4, 0.5) is 11.4 Å². The van der Waals surface area contributed by atoms with Crippen molar-refractivity contribution in [2.45, 2.75) is 38.0 Å². The van der Waals surface area contributed by atoms with Crippen molar-refractivity contribution in [2.24, 2.45) is 12.8 Å². The fraction of sp³-hybridized carbons (Fsp3) is 0.455. The van der Waals surface area contributed by atoms with Crippen LogP contribution in [0.25, 0.3) is 11.0 Å². The SMILES string of the molecule is C[C@H]1CN(c2ccnc3c2cnn3C)Cc2ccc(N3C[C@@H](N)[C@](C)(O)C3)cc21. The summed E-state index contributed by atoms with van der Waals surface area (Å²) in [5.41, 5.74) is 11.3. The number of nitrogens with zero attached hydrogens (tertiary/aromatic N) is 5. The van der Waals surface area contributed by atoms with E-state index in [9.17, 15) is 5.11 Å². The summed E-state index contributed by atoms with van der Waals surface area (Å²) in [7, 11) is 1.93. The van der Waals surface area contributed by atoms with Crippen molar-refractivity contribution in [2.75, 3.05) is 29.4 Å². The van der Waals surface area contributed by atoms with Crippen LogP contribution in [0.15, 0.2) is 36.7 Å². The van der Waals surface area contributed by atoms with Gasteiger partial charge in [-0.2, -0.15) is 5.10 Å². The van der Waals surface area contributed by atoms with Crippen LogP contribution in [0.3, 0.4) is 0 Å². The molecule has 4 heterocycles. The molecule has 152 valence electrons.